The maximum absolute atomic E-state index is 14.0. The highest BCUT2D eigenvalue weighted by Gasteiger charge is 2.21. The number of unbranched alkanes of at least 4 members (excludes halogenated alkanes) is 2. The van der Waals surface area contributed by atoms with E-state index in [9.17, 15) is 13.6 Å². The number of hydrogen-bond donors (Lipinski definition) is 1. The second-order valence-electron chi connectivity index (χ2n) is 5.09. The fourth-order valence-electron chi connectivity index (χ4n) is 2.12. The molecule has 1 aromatic rings. The van der Waals surface area contributed by atoms with Gasteiger partial charge in [-0.05, 0) is 32.4 Å². The Morgan fingerprint density at radius 1 is 1.25 bits per heavy atom. The van der Waals surface area contributed by atoms with Crippen molar-refractivity contribution in [1.82, 2.24) is 0 Å². The van der Waals surface area contributed by atoms with Crippen molar-refractivity contribution in [3.63, 3.8) is 0 Å². The molecule has 0 radical (unpaired) electrons. The first-order valence-electron chi connectivity index (χ1n) is 6.87. The van der Waals surface area contributed by atoms with Gasteiger partial charge in [-0.3, -0.25) is 0 Å². The molecule has 0 saturated heterocycles. The highest BCUT2D eigenvalue weighted by Crippen LogP contribution is 2.27. The molecule has 0 heterocycles. The topological polar surface area (TPSA) is 40.5 Å². The second-order valence-corrected chi connectivity index (χ2v) is 5.09. The largest absolute Gasteiger partial charge is 0.478 e. The minimum atomic E-state index is -1.34. The van der Waals surface area contributed by atoms with Crippen LogP contribution in [-0.4, -0.2) is 23.7 Å². The number of halogens is 2. The normalized spacial score (nSPS) is 10.9. The summed E-state index contributed by atoms with van der Waals surface area (Å²) in [5.74, 6) is -2.99. The Bertz CT molecular complexity index is 452. The second kappa shape index (κ2) is 7.22. The van der Waals surface area contributed by atoms with Crippen LogP contribution in [0.25, 0.3) is 0 Å². The van der Waals surface area contributed by atoms with E-state index < -0.39 is 17.6 Å². The minimum Gasteiger partial charge on any atom is -0.478 e. The summed E-state index contributed by atoms with van der Waals surface area (Å²) < 4.78 is 28.1. The van der Waals surface area contributed by atoms with Gasteiger partial charge in [-0.2, -0.15) is 0 Å². The molecule has 3 nitrogen and oxygen atoms in total. The molecule has 0 aliphatic heterocycles. The lowest BCUT2D eigenvalue weighted by molar-refractivity contribution is 0.0696. The highest BCUT2D eigenvalue weighted by atomic mass is 19.1. The van der Waals surface area contributed by atoms with Crippen LogP contribution in [0.4, 0.5) is 14.5 Å². The molecule has 0 saturated carbocycles. The van der Waals surface area contributed by atoms with Crippen molar-refractivity contribution < 1.29 is 18.7 Å². The van der Waals surface area contributed by atoms with Gasteiger partial charge in [0.15, 0.2) is 0 Å². The van der Waals surface area contributed by atoms with E-state index in [2.05, 4.69) is 6.92 Å². The van der Waals surface area contributed by atoms with Gasteiger partial charge in [0.05, 0.1) is 5.56 Å². The van der Waals surface area contributed by atoms with Gasteiger partial charge in [0.2, 0.25) is 0 Å². The summed E-state index contributed by atoms with van der Waals surface area (Å²) >= 11 is 0. The van der Waals surface area contributed by atoms with E-state index in [0.717, 1.165) is 31.4 Å². The van der Waals surface area contributed by atoms with E-state index in [1.54, 1.807) is 4.90 Å². The summed E-state index contributed by atoms with van der Waals surface area (Å²) in [6, 6.07) is 1.68. The predicted molar refractivity (Wildman–Crippen MR) is 75.3 cm³/mol. The van der Waals surface area contributed by atoms with Gasteiger partial charge < -0.3 is 10.0 Å². The standard InChI is InChI=1S/C15H21F2NO2/c1-4-5-6-7-18(10(2)3)14-12(16)8-11(15(19)20)9-13(14)17/h8-10H,4-7H2,1-3H3,(H,19,20). The maximum atomic E-state index is 14.0. The average molecular weight is 285 g/mol. The van der Waals surface area contributed by atoms with Crippen molar-refractivity contribution in [2.24, 2.45) is 0 Å². The predicted octanol–water partition coefficient (Wildman–Crippen LogP) is 4.07. The summed E-state index contributed by atoms with van der Waals surface area (Å²) in [6.45, 7) is 6.32. The van der Waals surface area contributed by atoms with Crippen molar-refractivity contribution >= 4 is 11.7 Å². The van der Waals surface area contributed by atoms with Crippen molar-refractivity contribution in [3.05, 3.63) is 29.3 Å². The molecule has 0 amide bonds. The van der Waals surface area contributed by atoms with Crippen LogP contribution in [0.2, 0.25) is 0 Å². The van der Waals surface area contributed by atoms with E-state index >= 15 is 0 Å². The summed E-state index contributed by atoms with van der Waals surface area (Å²) in [7, 11) is 0. The van der Waals surface area contributed by atoms with Crippen molar-refractivity contribution in [2.45, 2.75) is 46.1 Å². The number of aromatic carboxylic acids is 1. The molecule has 5 heteroatoms. The van der Waals surface area contributed by atoms with E-state index in [4.69, 9.17) is 5.11 Å². The quantitative estimate of drug-likeness (QED) is 0.768. The Hall–Kier alpha value is -1.65. The van der Waals surface area contributed by atoms with Crippen LogP contribution in [0.1, 0.15) is 50.4 Å². The fourth-order valence-corrected chi connectivity index (χ4v) is 2.12. The van der Waals surface area contributed by atoms with Crippen LogP contribution < -0.4 is 4.90 Å². The maximum Gasteiger partial charge on any atom is 0.335 e. The number of benzene rings is 1. The van der Waals surface area contributed by atoms with Crippen molar-refractivity contribution in [3.8, 4) is 0 Å². The summed E-state index contributed by atoms with van der Waals surface area (Å²) in [4.78, 5) is 12.4. The monoisotopic (exact) mass is 285 g/mol. The summed E-state index contributed by atoms with van der Waals surface area (Å²) in [6.07, 6.45) is 2.85. The average Bonchev–Trinajstić information content (AvgIpc) is 2.35. The number of rotatable bonds is 7. The molecule has 0 aliphatic carbocycles. The molecule has 1 N–H and O–H groups in total. The number of carbonyl (C=O) groups is 1. The smallest absolute Gasteiger partial charge is 0.335 e. The third kappa shape index (κ3) is 3.92. The van der Waals surface area contributed by atoms with Crippen LogP contribution >= 0.6 is 0 Å². The zero-order valence-corrected chi connectivity index (χ0v) is 12.1. The Balaban J connectivity index is 3.10. The Morgan fingerprint density at radius 3 is 2.20 bits per heavy atom. The first-order valence-corrected chi connectivity index (χ1v) is 6.87. The van der Waals surface area contributed by atoms with Gasteiger partial charge in [0.25, 0.3) is 0 Å². The first-order chi connectivity index (χ1) is 9.38. The van der Waals surface area contributed by atoms with Crippen LogP contribution in [0.15, 0.2) is 12.1 Å². The SMILES string of the molecule is CCCCCN(c1c(F)cc(C(=O)O)cc1F)C(C)C. The lowest BCUT2D eigenvalue weighted by Crippen LogP contribution is -2.33. The number of carboxylic acid groups (broad SMARTS) is 1. The van der Waals surface area contributed by atoms with Gasteiger partial charge >= 0.3 is 5.97 Å². The number of hydrogen-bond acceptors (Lipinski definition) is 2. The van der Waals surface area contributed by atoms with Crippen LogP contribution in [-0.2, 0) is 0 Å². The van der Waals surface area contributed by atoms with Crippen LogP contribution in [0.3, 0.4) is 0 Å². The fraction of sp³-hybridized carbons (Fsp3) is 0.533. The van der Waals surface area contributed by atoms with E-state index in [1.165, 1.54) is 0 Å². The number of anilines is 1. The third-order valence-electron chi connectivity index (χ3n) is 3.18. The molecule has 0 aromatic heterocycles. The molecular formula is C15H21F2NO2. The van der Waals surface area contributed by atoms with E-state index in [1.807, 2.05) is 13.8 Å². The first kappa shape index (κ1) is 16.4. The van der Waals surface area contributed by atoms with E-state index in [-0.39, 0.29) is 17.3 Å². The minimum absolute atomic E-state index is 0.0634. The molecule has 20 heavy (non-hydrogen) atoms. The van der Waals surface area contributed by atoms with Gasteiger partial charge in [-0.1, -0.05) is 19.8 Å². The van der Waals surface area contributed by atoms with Gasteiger partial charge in [-0.25, -0.2) is 13.6 Å². The lowest BCUT2D eigenvalue weighted by Gasteiger charge is -2.29. The van der Waals surface area contributed by atoms with Crippen LogP contribution in [0, 0.1) is 11.6 Å². The molecule has 0 aliphatic rings. The molecule has 112 valence electrons. The molecule has 0 spiro atoms. The van der Waals surface area contributed by atoms with Crippen LogP contribution in [0.5, 0.6) is 0 Å². The van der Waals surface area contributed by atoms with E-state index in [0.29, 0.717) is 6.54 Å². The highest BCUT2D eigenvalue weighted by molar-refractivity contribution is 5.88. The van der Waals surface area contributed by atoms with Gasteiger partial charge in [0.1, 0.15) is 17.3 Å². The number of nitrogens with zero attached hydrogens (tertiary/aromatic N) is 1. The molecule has 0 atom stereocenters. The number of carboxylic acids is 1. The molecule has 0 bridgehead atoms. The molecule has 0 fully saturated rings. The zero-order valence-electron chi connectivity index (χ0n) is 12.1. The Morgan fingerprint density at radius 2 is 1.80 bits per heavy atom. The zero-order chi connectivity index (χ0) is 15.3. The summed E-state index contributed by atoms with van der Waals surface area (Å²) in [5.41, 5.74) is -0.512. The Kier molecular flexibility index (Phi) is 5.92. The summed E-state index contributed by atoms with van der Waals surface area (Å²) in [5, 5.41) is 8.80. The van der Waals surface area contributed by atoms with Gasteiger partial charge in [-0.15, -0.1) is 0 Å². The lowest BCUT2D eigenvalue weighted by atomic mass is 10.1. The molecule has 1 aromatic carbocycles. The van der Waals surface area contributed by atoms with Crippen molar-refractivity contribution in [1.29, 1.82) is 0 Å². The molecular weight excluding hydrogens is 264 g/mol. The Labute approximate surface area is 118 Å². The third-order valence-corrected chi connectivity index (χ3v) is 3.18. The van der Waals surface area contributed by atoms with Gasteiger partial charge in [0, 0.05) is 12.6 Å². The molecule has 1 rings (SSSR count). The van der Waals surface area contributed by atoms with Crippen molar-refractivity contribution in [2.75, 3.05) is 11.4 Å². The molecule has 0 unspecified atom stereocenters.